The van der Waals surface area contributed by atoms with Gasteiger partial charge in [0.25, 0.3) is 0 Å². The Morgan fingerprint density at radius 1 is 1.00 bits per heavy atom. The molecule has 0 spiro atoms. The van der Waals surface area contributed by atoms with Crippen molar-refractivity contribution in [2.45, 2.75) is 0 Å². The molecule has 1 heterocycles. The lowest BCUT2D eigenvalue weighted by Gasteiger charge is -1.96. The monoisotopic (exact) mass is 224 g/mol. The fraction of sp³-hybridized carbons (Fsp3) is 0. The molecule has 17 heavy (non-hydrogen) atoms. The second kappa shape index (κ2) is 3.52. The summed E-state index contributed by atoms with van der Waals surface area (Å²) in [6.07, 6.45) is 0. The van der Waals surface area contributed by atoms with E-state index in [4.69, 9.17) is 11.5 Å². The molecule has 0 fully saturated rings. The molecule has 1 aromatic heterocycles. The highest BCUT2D eigenvalue weighted by atomic mass is 14.9. The number of nitrogens with zero attached hydrogens (tertiary/aromatic N) is 1. The Kier molecular flexibility index (Phi) is 2.01. The number of nitrogens with one attached hydrogen (secondary N) is 1. The zero-order valence-electron chi connectivity index (χ0n) is 9.14. The number of fused-ring (bicyclic) bond motifs is 1. The van der Waals surface area contributed by atoms with Crippen molar-refractivity contribution in [3.8, 4) is 11.4 Å². The van der Waals surface area contributed by atoms with Crippen molar-refractivity contribution < 1.29 is 0 Å². The first-order chi connectivity index (χ1) is 8.24. The average molecular weight is 224 g/mol. The Morgan fingerprint density at radius 2 is 1.76 bits per heavy atom. The highest BCUT2D eigenvalue weighted by molar-refractivity contribution is 5.92. The number of H-pyrrole nitrogens is 1. The number of hydrogen-bond acceptors (Lipinski definition) is 3. The molecule has 0 aliphatic heterocycles. The molecule has 0 saturated heterocycles. The van der Waals surface area contributed by atoms with E-state index < -0.39 is 0 Å². The van der Waals surface area contributed by atoms with Crippen LogP contribution in [0.2, 0.25) is 0 Å². The van der Waals surface area contributed by atoms with Gasteiger partial charge in [0.1, 0.15) is 11.3 Å². The number of anilines is 2. The Balaban J connectivity index is 2.24. The third-order valence-electron chi connectivity index (χ3n) is 2.69. The van der Waals surface area contributed by atoms with E-state index in [1.165, 1.54) is 0 Å². The van der Waals surface area contributed by atoms with Crippen LogP contribution in [0.15, 0.2) is 42.5 Å². The summed E-state index contributed by atoms with van der Waals surface area (Å²) in [6, 6.07) is 13.5. The molecule has 0 aliphatic carbocycles. The van der Waals surface area contributed by atoms with Crippen LogP contribution in [0.3, 0.4) is 0 Å². The summed E-state index contributed by atoms with van der Waals surface area (Å²) in [5.74, 6) is 0.804. The van der Waals surface area contributed by atoms with Gasteiger partial charge in [-0.15, -0.1) is 0 Å². The van der Waals surface area contributed by atoms with Crippen LogP contribution < -0.4 is 11.5 Å². The maximum atomic E-state index is 5.89. The highest BCUT2D eigenvalue weighted by Crippen LogP contribution is 2.26. The first-order valence-electron chi connectivity index (χ1n) is 5.34. The summed E-state index contributed by atoms with van der Waals surface area (Å²) >= 11 is 0. The fourth-order valence-corrected chi connectivity index (χ4v) is 1.90. The smallest absolute Gasteiger partial charge is 0.138 e. The molecule has 0 aliphatic rings. The summed E-state index contributed by atoms with van der Waals surface area (Å²) in [4.78, 5) is 7.71. The van der Waals surface area contributed by atoms with Crippen LogP contribution in [-0.2, 0) is 0 Å². The maximum absolute atomic E-state index is 5.89. The molecule has 0 saturated carbocycles. The molecule has 0 amide bonds. The Morgan fingerprint density at radius 3 is 2.53 bits per heavy atom. The van der Waals surface area contributed by atoms with Crippen LogP contribution in [0.1, 0.15) is 0 Å². The van der Waals surface area contributed by atoms with Gasteiger partial charge < -0.3 is 16.5 Å². The van der Waals surface area contributed by atoms with Gasteiger partial charge in [0.2, 0.25) is 0 Å². The van der Waals surface area contributed by atoms with Gasteiger partial charge in [0.15, 0.2) is 0 Å². The number of hydrogen-bond donors (Lipinski definition) is 3. The van der Waals surface area contributed by atoms with Gasteiger partial charge in [-0.05, 0) is 12.1 Å². The first-order valence-corrected chi connectivity index (χ1v) is 5.34. The van der Waals surface area contributed by atoms with Crippen LogP contribution in [0.5, 0.6) is 0 Å². The lowest BCUT2D eigenvalue weighted by atomic mass is 10.2. The lowest BCUT2D eigenvalue weighted by Crippen LogP contribution is -1.90. The van der Waals surface area contributed by atoms with E-state index in [1.54, 1.807) is 6.07 Å². The number of nitrogen functional groups attached to an aromatic ring is 2. The zero-order valence-corrected chi connectivity index (χ0v) is 9.14. The maximum Gasteiger partial charge on any atom is 0.138 e. The minimum Gasteiger partial charge on any atom is -0.399 e. The van der Waals surface area contributed by atoms with Gasteiger partial charge in [-0.2, -0.15) is 0 Å². The van der Waals surface area contributed by atoms with E-state index in [0.717, 1.165) is 22.4 Å². The van der Waals surface area contributed by atoms with Crippen molar-refractivity contribution in [3.63, 3.8) is 0 Å². The molecule has 3 aromatic rings. The van der Waals surface area contributed by atoms with Crippen LogP contribution in [0.25, 0.3) is 22.4 Å². The summed E-state index contributed by atoms with van der Waals surface area (Å²) in [7, 11) is 0. The van der Waals surface area contributed by atoms with E-state index >= 15 is 0 Å². The molecule has 5 N–H and O–H groups in total. The van der Waals surface area contributed by atoms with Crippen molar-refractivity contribution in [3.05, 3.63) is 42.5 Å². The number of aromatic amines is 1. The second-order valence-corrected chi connectivity index (χ2v) is 3.96. The molecule has 0 unspecified atom stereocenters. The predicted molar refractivity (Wildman–Crippen MR) is 70.4 cm³/mol. The SMILES string of the molecule is Nc1cc(N)c2nc(-c3ccccc3)[nH]c2c1. The Hall–Kier alpha value is -2.49. The van der Waals surface area contributed by atoms with Crippen molar-refractivity contribution in [2.75, 3.05) is 11.5 Å². The third-order valence-corrected chi connectivity index (χ3v) is 2.69. The van der Waals surface area contributed by atoms with Gasteiger partial charge in [-0.1, -0.05) is 30.3 Å². The highest BCUT2D eigenvalue weighted by Gasteiger charge is 2.07. The molecule has 4 nitrogen and oxygen atoms in total. The minimum absolute atomic E-state index is 0.596. The van der Waals surface area contributed by atoms with E-state index in [1.807, 2.05) is 36.4 Å². The number of benzene rings is 2. The van der Waals surface area contributed by atoms with Crippen molar-refractivity contribution in [1.29, 1.82) is 0 Å². The molecule has 2 aromatic carbocycles. The van der Waals surface area contributed by atoms with Gasteiger partial charge in [0, 0.05) is 11.3 Å². The summed E-state index contributed by atoms with van der Waals surface area (Å²) in [6.45, 7) is 0. The third kappa shape index (κ3) is 1.59. The number of aromatic nitrogens is 2. The largest absolute Gasteiger partial charge is 0.399 e. The van der Waals surface area contributed by atoms with E-state index in [0.29, 0.717) is 11.4 Å². The van der Waals surface area contributed by atoms with Crippen LogP contribution in [0, 0.1) is 0 Å². The standard InChI is InChI=1S/C13H12N4/c14-9-6-10(15)12-11(7-9)16-13(17-12)8-4-2-1-3-5-8/h1-7H,14-15H2,(H,16,17). The zero-order chi connectivity index (χ0) is 11.8. The molecule has 0 bridgehead atoms. The molecule has 4 heteroatoms. The summed E-state index contributed by atoms with van der Waals surface area (Å²) in [5, 5.41) is 0. The minimum atomic E-state index is 0.596. The predicted octanol–water partition coefficient (Wildman–Crippen LogP) is 2.39. The van der Waals surface area contributed by atoms with Gasteiger partial charge in [0.05, 0.1) is 11.2 Å². The molecule has 84 valence electrons. The van der Waals surface area contributed by atoms with E-state index in [-0.39, 0.29) is 0 Å². The average Bonchev–Trinajstić information content (AvgIpc) is 2.74. The lowest BCUT2D eigenvalue weighted by molar-refractivity contribution is 1.34. The quantitative estimate of drug-likeness (QED) is 0.555. The Labute approximate surface area is 98.3 Å². The van der Waals surface area contributed by atoms with Crippen molar-refractivity contribution >= 4 is 22.4 Å². The van der Waals surface area contributed by atoms with Crippen LogP contribution in [0.4, 0.5) is 11.4 Å². The first kappa shape index (κ1) is 9.72. The van der Waals surface area contributed by atoms with E-state index in [9.17, 15) is 0 Å². The fourth-order valence-electron chi connectivity index (χ4n) is 1.90. The molecular formula is C13H12N4. The number of nitrogens with two attached hydrogens (primary N) is 2. The molecule has 0 atom stereocenters. The number of imidazole rings is 1. The van der Waals surface area contributed by atoms with Gasteiger partial charge >= 0.3 is 0 Å². The van der Waals surface area contributed by atoms with Crippen molar-refractivity contribution in [1.82, 2.24) is 9.97 Å². The van der Waals surface area contributed by atoms with Crippen molar-refractivity contribution in [2.24, 2.45) is 0 Å². The summed E-state index contributed by atoms with van der Waals surface area (Å²) in [5.41, 5.74) is 15.5. The molecule has 0 radical (unpaired) electrons. The normalized spacial score (nSPS) is 10.8. The van der Waals surface area contributed by atoms with E-state index in [2.05, 4.69) is 9.97 Å². The van der Waals surface area contributed by atoms with Crippen LogP contribution in [-0.4, -0.2) is 9.97 Å². The summed E-state index contributed by atoms with van der Waals surface area (Å²) < 4.78 is 0. The topological polar surface area (TPSA) is 80.7 Å². The molecule has 3 rings (SSSR count). The second-order valence-electron chi connectivity index (χ2n) is 3.96. The number of rotatable bonds is 1. The van der Waals surface area contributed by atoms with Gasteiger partial charge in [-0.25, -0.2) is 4.98 Å². The Bertz CT molecular complexity index is 670. The van der Waals surface area contributed by atoms with Gasteiger partial charge in [-0.3, -0.25) is 0 Å². The van der Waals surface area contributed by atoms with Crippen LogP contribution >= 0.6 is 0 Å². The molecular weight excluding hydrogens is 212 g/mol.